The Morgan fingerprint density at radius 1 is 0.773 bits per heavy atom. The Morgan fingerprint density at radius 2 is 1.25 bits per heavy atom. The lowest BCUT2D eigenvalue weighted by atomic mass is 9.75. The first-order chi connectivity index (χ1) is 20.6. The molecule has 1 atom stereocenters. The molecule has 0 heterocycles. The van der Waals surface area contributed by atoms with Crippen molar-refractivity contribution in [3.63, 3.8) is 0 Å². The molecular formula is C38H52ClNO4. The third-order valence-corrected chi connectivity index (χ3v) is 8.29. The summed E-state index contributed by atoms with van der Waals surface area (Å²) in [5, 5.41) is 24.3. The Hall–Kier alpha value is -3.02. The molecule has 2 N–H and O–H groups in total. The summed E-state index contributed by atoms with van der Waals surface area (Å²) in [6, 6.07) is 16.3. The Bertz CT molecular complexity index is 1350. The fourth-order valence-electron chi connectivity index (χ4n) is 5.02. The summed E-state index contributed by atoms with van der Waals surface area (Å²) >= 11 is 6.24. The number of hydrogen-bond acceptors (Lipinski definition) is 5. The largest absolute Gasteiger partial charge is 0.507 e. The number of phenolic OH excluding ortho intramolecular Hbond substituents is 1. The first kappa shape index (κ1) is 35.5. The maximum atomic E-state index is 13.3. The van der Waals surface area contributed by atoms with Crippen LogP contribution in [0.4, 0.5) is 0 Å². The quantitative estimate of drug-likeness (QED) is 0.147. The van der Waals surface area contributed by atoms with Crippen LogP contribution in [0.1, 0.15) is 116 Å². The highest BCUT2D eigenvalue weighted by molar-refractivity contribution is 6.30. The zero-order valence-corrected chi connectivity index (χ0v) is 28.9. The standard InChI is InChI=1S/C38H52ClNO4/c1-10-12-20-43-34-18-14-28(36(4,5)6)23-31(34)38(42,26(3)40-25-27-22-30(39)16-17-33(27)41)32-24-29(37(7,8)9)15-19-35(32)44-21-13-11-2/h14-19,22-26,41-42H,10-13,20-21H2,1-9H3/t26-/m1/s1. The molecule has 0 radical (unpaired) electrons. The first-order valence-electron chi connectivity index (χ1n) is 15.9. The number of nitrogens with zero attached hydrogens (tertiary/aromatic N) is 1. The maximum absolute atomic E-state index is 13.3. The Labute approximate surface area is 270 Å². The number of ether oxygens (including phenoxy) is 2. The predicted molar refractivity (Wildman–Crippen MR) is 184 cm³/mol. The van der Waals surface area contributed by atoms with E-state index in [-0.39, 0.29) is 16.6 Å². The van der Waals surface area contributed by atoms with Gasteiger partial charge in [0.1, 0.15) is 22.8 Å². The molecule has 0 spiro atoms. The van der Waals surface area contributed by atoms with Gasteiger partial charge in [-0.3, -0.25) is 4.99 Å². The van der Waals surface area contributed by atoms with Gasteiger partial charge in [-0.05, 0) is 84.2 Å². The van der Waals surface area contributed by atoms with Crippen LogP contribution in [0.5, 0.6) is 17.2 Å². The number of hydrogen-bond donors (Lipinski definition) is 2. The van der Waals surface area contributed by atoms with Crippen molar-refractivity contribution in [3.8, 4) is 17.2 Å². The van der Waals surface area contributed by atoms with Crippen LogP contribution < -0.4 is 9.47 Å². The van der Waals surface area contributed by atoms with Crippen LogP contribution in [-0.2, 0) is 16.4 Å². The summed E-state index contributed by atoms with van der Waals surface area (Å²) in [4.78, 5) is 4.88. The van der Waals surface area contributed by atoms with E-state index in [4.69, 9.17) is 26.1 Å². The van der Waals surface area contributed by atoms with Gasteiger partial charge >= 0.3 is 0 Å². The summed E-state index contributed by atoms with van der Waals surface area (Å²) in [6.45, 7) is 20.2. The normalized spacial score (nSPS) is 13.3. The van der Waals surface area contributed by atoms with E-state index in [9.17, 15) is 10.2 Å². The molecular weight excluding hydrogens is 570 g/mol. The van der Waals surface area contributed by atoms with Gasteiger partial charge in [0.25, 0.3) is 0 Å². The molecule has 0 unspecified atom stereocenters. The summed E-state index contributed by atoms with van der Waals surface area (Å²) in [5.74, 6) is 1.29. The van der Waals surface area contributed by atoms with Gasteiger partial charge in [-0.25, -0.2) is 0 Å². The van der Waals surface area contributed by atoms with E-state index in [2.05, 4.69) is 79.7 Å². The second kappa shape index (κ2) is 14.8. The number of aromatic hydroxyl groups is 1. The summed E-state index contributed by atoms with van der Waals surface area (Å²) in [5.41, 5.74) is 1.86. The van der Waals surface area contributed by atoms with E-state index in [0.29, 0.717) is 46.4 Å². The van der Waals surface area contributed by atoms with Crippen molar-refractivity contribution in [2.75, 3.05) is 13.2 Å². The van der Waals surface area contributed by atoms with Crippen LogP contribution in [0.3, 0.4) is 0 Å². The molecule has 3 rings (SSSR count). The number of benzene rings is 3. The van der Waals surface area contributed by atoms with Gasteiger partial charge in [0.05, 0.1) is 19.3 Å². The first-order valence-corrected chi connectivity index (χ1v) is 16.3. The van der Waals surface area contributed by atoms with Crippen molar-refractivity contribution < 1.29 is 19.7 Å². The summed E-state index contributed by atoms with van der Waals surface area (Å²) < 4.78 is 12.8. The SMILES string of the molecule is CCCCOc1ccc(C(C)(C)C)cc1C(O)(c1cc(C(C)(C)C)ccc1OCCCC)[C@@H](C)N=Cc1cc(Cl)ccc1O. The molecule has 0 fully saturated rings. The second-order valence-corrected chi connectivity index (χ2v) is 14.2. The number of aliphatic hydroxyl groups is 1. The summed E-state index contributed by atoms with van der Waals surface area (Å²) in [6.07, 6.45) is 5.35. The number of phenols is 1. The average Bonchev–Trinajstić information content (AvgIpc) is 2.96. The lowest BCUT2D eigenvalue weighted by Crippen LogP contribution is -2.39. The van der Waals surface area contributed by atoms with Gasteiger partial charge in [0.2, 0.25) is 0 Å². The van der Waals surface area contributed by atoms with E-state index in [1.807, 2.05) is 19.1 Å². The number of rotatable bonds is 13. The highest BCUT2D eigenvalue weighted by Crippen LogP contribution is 2.46. The topological polar surface area (TPSA) is 71.3 Å². The van der Waals surface area contributed by atoms with Gasteiger partial charge in [-0.2, -0.15) is 0 Å². The molecule has 0 saturated heterocycles. The third kappa shape index (κ3) is 8.57. The van der Waals surface area contributed by atoms with Crippen LogP contribution in [0.25, 0.3) is 0 Å². The number of halogens is 1. The van der Waals surface area contributed by atoms with Crippen LogP contribution in [-0.4, -0.2) is 35.7 Å². The van der Waals surface area contributed by atoms with E-state index in [1.54, 1.807) is 24.4 Å². The average molecular weight is 622 g/mol. The van der Waals surface area contributed by atoms with Gasteiger partial charge in [0, 0.05) is 27.9 Å². The van der Waals surface area contributed by atoms with Gasteiger partial charge in [-0.1, -0.05) is 92.0 Å². The molecule has 240 valence electrons. The molecule has 0 amide bonds. The fraction of sp³-hybridized carbons (Fsp3) is 0.500. The molecule has 3 aromatic carbocycles. The minimum atomic E-state index is -1.66. The monoisotopic (exact) mass is 621 g/mol. The Balaban J connectivity index is 2.38. The Morgan fingerprint density at radius 3 is 1.68 bits per heavy atom. The molecule has 3 aromatic rings. The van der Waals surface area contributed by atoms with Gasteiger partial charge < -0.3 is 19.7 Å². The predicted octanol–water partition coefficient (Wildman–Crippen LogP) is 9.74. The highest BCUT2D eigenvalue weighted by atomic mass is 35.5. The van der Waals surface area contributed by atoms with Crippen molar-refractivity contribution in [1.82, 2.24) is 0 Å². The van der Waals surface area contributed by atoms with Crippen LogP contribution >= 0.6 is 11.6 Å². The fourth-order valence-corrected chi connectivity index (χ4v) is 5.20. The molecule has 44 heavy (non-hydrogen) atoms. The van der Waals surface area contributed by atoms with Crippen molar-refractivity contribution in [2.24, 2.45) is 4.99 Å². The minimum absolute atomic E-state index is 0.0607. The van der Waals surface area contributed by atoms with E-state index in [1.165, 1.54) is 0 Å². The molecule has 0 aliphatic rings. The minimum Gasteiger partial charge on any atom is -0.507 e. The molecule has 0 aliphatic carbocycles. The molecule has 0 bridgehead atoms. The zero-order valence-electron chi connectivity index (χ0n) is 28.1. The van der Waals surface area contributed by atoms with Gasteiger partial charge in [0.15, 0.2) is 0 Å². The molecule has 0 aliphatic heterocycles. The zero-order chi connectivity index (χ0) is 32.7. The Kier molecular flexibility index (Phi) is 12.0. The maximum Gasteiger partial charge on any atom is 0.144 e. The smallest absolute Gasteiger partial charge is 0.144 e. The van der Waals surface area contributed by atoms with Crippen molar-refractivity contribution in [2.45, 2.75) is 110 Å². The van der Waals surface area contributed by atoms with Crippen LogP contribution in [0.2, 0.25) is 5.02 Å². The lowest BCUT2D eigenvalue weighted by molar-refractivity contribution is 0.0519. The second-order valence-electron chi connectivity index (χ2n) is 13.7. The molecule has 0 aromatic heterocycles. The lowest BCUT2D eigenvalue weighted by Gasteiger charge is -2.37. The highest BCUT2D eigenvalue weighted by Gasteiger charge is 2.43. The van der Waals surface area contributed by atoms with Crippen molar-refractivity contribution >= 4 is 17.8 Å². The van der Waals surface area contributed by atoms with Gasteiger partial charge in [-0.15, -0.1) is 0 Å². The van der Waals surface area contributed by atoms with Crippen LogP contribution in [0.15, 0.2) is 59.6 Å². The van der Waals surface area contributed by atoms with Crippen molar-refractivity contribution in [3.05, 3.63) is 87.4 Å². The third-order valence-electron chi connectivity index (χ3n) is 8.05. The van der Waals surface area contributed by atoms with E-state index in [0.717, 1.165) is 36.8 Å². The number of unbranched alkanes of at least 4 members (excludes halogenated alkanes) is 2. The molecule has 5 nitrogen and oxygen atoms in total. The summed E-state index contributed by atoms with van der Waals surface area (Å²) in [7, 11) is 0. The van der Waals surface area contributed by atoms with Crippen molar-refractivity contribution in [1.29, 1.82) is 0 Å². The molecule has 6 heteroatoms. The van der Waals surface area contributed by atoms with E-state index < -0.39 is 11.6 Å². The van der Waals surface area contributed by atoms with E-state index >= 15 is 0 Å². The van der Waals surface area contributed by atoms with Crippen LogP contribution in [0, 0.1) is 0 Å². The molecule has 0 saturated carbocycles. The number of aliphatic imine (C=N–C) groups is 1.